The van der Waals surface area contributed by atoms with E-state index in [1.165, 1.54) is 15.3 Å². The van der Waals surface area contributed by atoms with Crippen LogP contribution in [0, 0.1) is 13.8 Å². The molecular formula is C23H21N3OS2. The first-order valence-corrected chi connectivity index (χ1v) is 11.0. The van der Waals surface area contributed by atoms with Crippen LogP contribution in [0.25, 0.3) is 0 Å². The first-order valence-electron chi connectivity index (χ1n) is 9.30. The Labute approximate surface area is 178 Å². The molecule has 1 aromatic carbocycles. The molecule has 3 aromatic heterocycles. The highest BCUT2D eigenvalue weighted by Crippen LogP contribution is 2.42. The molecule has 0 bridgehead atoms. The normalized spacial score (nSPS) is 11.8. The maximum Gasteiger partial charge on any atom is 0.256 e. The van der Waals surface area contributed by atoms with E-state index in [1.54, 1.807) is 28.9 Å². The number of carbonyl (C=O) groups is 1. The lowest BCUT2D eigenvalue weighted by Crippen LogP contribution is -2.17. The second-order valence-corrected chi connectivity index (χ2v) is 8.86. The van der Waals surface area contributed by atoms with Gasteiger partial charge in [-0.25, -0.2) is 4.98 Å². The van der Waals surface area contributed by atoms with Crippen LogP contribution < -0.4 is 10.6 Å². The second-order valence-electron chi connectivity index (χ2n) is 6.65. The van der Waals surface area contributed by atoms with E-state index in [1.807, 2.05) is 54.6 Å². The first kappa shape index (κ1) is 19.4. The summed E-state index contributed by atoms with van der Waals surface area (Å²) in [5, 5.41) is 9.64. The molecule has 146 valence electrons. The van der Waals surface area contributed by atoms with Crippen LogP contribution >= 0.6 is 22.7 Å². The third-order valence-corrected chi connectivity index (χ3v) is 6.84. The summed E-state index contributed by atoms with van der Waals surface area (Å²) in [5.74, 6) is 0.699. The van der Waals surface area contributed by atoms with Crippen LogP contribution in [-0.4, -0.2) is 10.9 Å². The fourth-order valence-electron chi connectivity index (χ4n) is 3.19. The van der Waals surface area contributed by atoms with E-state index in [4.69, 9.17) is 0 Å². The zero-order valence-corrected chi connectivity index (χ0v) is 17.8. The fraction of sp³-hybridized carbons (Fsp3) is 0.130. The van der Waals surface area contributed by atoms with E-state index in [9.17, 15) is 4.79 Å². The van der Waals surface area contributed by atoms with Gasteiger partial charge in [0, 0.05) is 27.1 Å². The predicted molar refractivity (Wildman–Crippen MR) is 122 cm³/mol. The lowest BCUT2D eigenvalue weighted by Gasteiger charge is -2.21. The Morgan fingerprint density at radius 3 is 2.48 bits per heavy atom. The molecule has 4 rings (SSSR count). The maximum atomic E-state index is 12.8. The van der Waals surface area contributed by atoms with Crippen LogP contribution in [0.2, 0.25) is 0 Å². The Morgan fingerprint density at radius 2 is 1.79 bits per heavy atom. The van der Waals surface area contributed by atoms with Crippen LogP contribution in [-0.2, 0) is 0 Å². The molecule has 0 fully saturated rings. The molecule has 1 atom stereocenters. The highest BCUT2D eigenvalue weighted by atomic mass is 32.1. The van der Waals surface area contributed by atoms with Crippen molar-refractivity contribution < 1.29 is 4.79 Å². The van der Waals surface area contributed by atoms with Gasteiger partial charge in [0.2, 0.25) is 0 Å². The van der Waals surface area contributed by atoms with Crippen LogP contribution in [0.3, 0.4) is 0 Å². The fourth-order valence-corrected chi connectivity index (χ4v) is 5.07. The SMILES string of the molecule is Cc1sc(NC(=O)c2ccccc2)c([C@H](Nc2ccccn2)c2cccs2)c1C. The summed E-state index contributed by atoms with van der Waals surface area (Å²) in [6, 6.07) is 19.2. The average molecular weight is 420 g/mol. The van der Waals surface area contributed by atoms with Gasteiger partial charge in [0.15, 0.2) is 0 Å². The third kappa shape index (κ3) is 4.23. The van der Waals surface area contributed by atoms with Crippen LogP contribution in [0.4, 0.5) is 10.8 Å². The molecule has 29 heavy (non-hydrogen) atoms. The van der Waals surface area contributed by atoms with Gasteiger partial charge in [-0.05, 0) is 55.1 Å². The Bertz CT molecular complexity index is 1090. The summed E-state index contributed by atoms with van der Waals surface area (Å²) >= 11 is 3.30. The van der Waals surface area contributed by atoms with Gasteiger partial charge >= 0.3 is 0 Å². The van der Waals surface area contributed by atoms with Crippen molar-refractivity contribution in [3.05, 3.63) is 98.7 Å². The van der Waals surface area contributed by atoms with E-state index in [0.29, 0.717) is 5.56 Å². The van der Waals surface area contributed by atoms with Crippen molar-refractivity contribution in [1.82, 2.24) is 4.98 Å². The van der Waals surface area contributed by atoms with Crippen molar-refractivity contribution >= 4 is 39.4 Å². The zero-order valence-electron chi connectivity index (χ0n) is 16.2. The first-order chi connectivity index (χ1) is 14.1. The minimum Gasteiger partial charge on any atom is -0.358 e. The lowest BCUT2D eigenvalue weighted by atomic mass is 10.0. The standard InChI is InChI=1S/C23H21N3OS2/c1-15-16(2)29-23(26-22(27)17-9-4-3-5-10-17)20(15)21(18-11-8-14-28-18)25-19-12-6-7-13-24-19/h3-14,21H,1-2H3,(H,24,25)(H,26,27)/t21-/m1/s1. The highest BCUT2D eigenvalue weighted by molar-refractivity contribution is 7.16. The van der Waals surface area contributed by atoms with Crippen LogP contribution in [0.1, 0.15) is 37.3 Å². The van der Waals surface area contributed by atoms with Crippen molar-refractivity contribution in [2.75, 3.05) is 10.6 Å². The summed E-state index contributed by atoms with van der Waals surface area (Å²) in [6.07, 6.45) is 1.78. The lowest BCUT2D eigenvalue weighted by molar-refractivity contribution is 0.102. The molecule has 0 spiro atoms. The number of nitrogens with one attached hydrogen (secondary N) is 2. The number of benzene rings is 1. The number of hydrogen-bond acceptors (Lipinski definition) is 5. The molecule has 4 aromatic rings. The summed E-state index contributed by atoms with van der Waals surface area (Å²) in [7, 11) is 0. The van der Waals surface area contributed by atoms with E-state index in [2.05, 4.69) is 40.9 Å². The quantitative estimate of drug-likeness (QED) is 0.387. The van der Waals surface area contributed by atoms with Gasteiger partial charge in [0.25, 0.3) is 5.91 Å². The molecule has 6 heteroatoms. The van der Waals surface area contributed by atoms with Crippen molar-refractivity contribution in [1.29, 1.82) is 0 Å². The van der Waals surface area contributed by atoms with Crippen molar-refractivity contribution in [2.24, 2.45) is 0 Å². The number of carbonyl (C=O) groups excluding carboxylic acids is 1. The van der Waals surface area contributed by atoms with Gasteiger partial charge in [-0.3, -0.25) is 4.79 Å². The zero-order chi connectivity index (χ0) is 20.2. The minimum absolute atomic E-state index is 0.0964. The summed E-state index contributed by atoms with van der Waals surface area (Å²) in [5.41, 5.74) is 2.91. The van der Waals surface area contributed by atoms with Crippen LogP contribution in [0.15, 0.2) is 72.2 Å². The van der Waals surface area contributed by atoms with Gasteiger partial charge in [-0.2, -0.15) is 0 Å². The number of hydrogen-bond donors (Lipinski definition) is 2. The summed E-state index contributed by atoms with van der Waals surface area (Å²) < 4.78 is 0. The topological polar surface area (TPSA) is 54.0 Å². The maximum absolute atomic E-state index is 12.8. The third-order valence-electron chi connectivity index (χ3n) is 4.77. The molecule has 0 aliphatic rings. The number of thiophene rings is 2. The van der Waals surface area contributed by atoms with Gasteiger partial charge in [-0.15, -0.1) is 22.7 Å². The van der Waals surface area contributed by atoms with E-state index in [-0.39, 0.29) is 11.9 Å². The number of anilines is 2. The van der Waals surface area contributed by atoms with E-state index in [0.717, 1.165) is 16.4 Å². The van der Waals surface area contributed by atoms with Crippen molar-refractivity contribution in [3.63, 3.8) is 0 Å². The summed E-state index contributed by atoms with van der Waals surface area (Å²) in [6.45, 7) is 4.20. The Kier molecular flexibility index (Phi) is 5.74. The largest absolute Gasteiger partial charge is 0.358 e. The summed E-state index contributed by atoms with van der Waals surface area (Å²) in [4.78, 5) is 19.6. The van der Waals surface area contributed by atoms with Gasteiger partial charge < -0.3 is 10.6 Å². The molecule has 0 unspecified atom stereocenters. The molecule has 1 amide bonds. The Balaban J connectivity index is 1.73. The molecule has 2 N–H and O–H groups in total. The monoisotopic (exact) mass is 419 g/mol. The molecule has 3 heterocycles. The van der Waals surface area contributed by atoms with Gasteiger partial charge in [0.1, 0.15) is 10.8 Å². The number of rotatable bonds is 6. The van der Waals surface area contributed by atoms with Gasteiger partial charge in [0.05, 0.1) is 6.04 Å². The number of pyridine rings is 1. The minimum atomic E-state index is -0.101. The van der Waals surface area contributed by atoms with E-state index < -0.39 is 0 Å². The smallest absolute Gasteiger partial charge is 0.256 e. The molecular weight excluding hydrogens is 398 g/mol. The number of amides is 1. The predicted octanol–water partition coefficient (Wildman–Crippen LogP) is 6.28. The molecule has 0 saturated heterocycles. The van der Waals surface area contributed by atoms with Gasteiger partial charge in [-0.1, -0.05) is 30.3 Å². The molecule has 0 radical (unpaired) electrons. The number of aromatic nitrogens is 1. The van der Waals surface area contributed by atoms with Crippen molar-refractivity contribution in [2.45, 2.75) is 19.9 Å². The molecule has 0 saturated carbocycles. The highest BCUT2D eigenvalue weighted by Gasteiger charge is 2.25. The average Bonchev–Trinajstić information content (AvgIpc) is 3.37. The Morgan fingerprint density at radius 1 is 1.00 bits per heavy atom. The number of nitrogens with zero attached hydrogens (tertiary/aromatic N) is 1. The molecule has 0 aliphatic heterocycles. The van der Waals surface area contributed by atoms with Crippen LogP contribution in [0.5, 0.6) is 0 Å². The second kappa shape index (κ2) is 8.59. The molecule has 4 nitrogen and oxygen atoms in total. The molecule has 0 aliphatic carbocycles. The van der Waals surface area contributed by atoms with E-state index >= 15 is 0 Å². The Hall–Kier alpha value is -2.96. The number of aryl methyl sites for hydroxylation is 1. The van der Waals surface area contributed by atoms with Crippen molar-refractivity contribution in [3.8, 4) is 0 Å².